The molecule has 108 valence electrons. The largest absolute Gasteiger partial charge is 0.395 e. The number of rotatable bonds is 2. The van der Waals surface area contributed by atoms with Gasteiger partial charge >= 0.3 is 0 Å². The molecule has 1 aromatic heterocycles. The van der Waals surface area contributed by atoms with Crippen LogP contribution in [0.2, 0.25) is 0 Å². The lowest BCUT2D eigenvalue weighted by molar-refractivity contribution is -0.384. The van der Waals surface area contributed by atoms with E-state index in [1.807, 2.05) is 0 Å². The Hall–Kier alpha value is -3.35. The normalized spacial score (nSPS) is 13.5. The molecule has 1 heterocycles. The monoisotopic (exact) mass is 295 g/mol. The Balaban J connectivity index is 2.33. The Bertz CT molecular complexity index is 871. The van der Waals surface area contributed by atoms with E-state index in [9.17, 15) is 19.7 Å². The maximum atomic E-state index is 12.3. The van der Waals surface area contributed by atoms with Crippen LogP contribution in [0.25, 0.3) is 11.1 Å². The number of nitrogens with zero attached hydrogens (tertiary/aromatic N) is 2. The highest BCUT2D eigenvalue weighted by Gasteiger charge is 2.30. The first-order valence-corrected chi connectivity index (χ1v) is 6.29. The Kier molecular flexibility index (Phi) is 3.03. The number of allylic oxidation sites excluding steroid dienone is 2. The minimum Gasteiger partial charge on any atom is -0.395 e. The second kappa shape index (κ2) is 4.88. The number of nitro benzene ring substituents is 1. The summed E-state index contributed by atoms with van der Waals surface area (Å²) in [6.45, 7) is 0. The number of benzene rings is 1. The Morgan fingerprint density at radius 2 is 1.82 bits per heavy atom. The average Bonchev–Trinajstić information content (AvgIpc) is 2.52. The highest BCUT2D eigenvalue weighted by atomic mass is 16.6. The molecule has 0 radical (unpaired) electrons. The molecule has 7 nitrogen and oxygen atoms in total. The number of ketones is 2. The van der Waals surface area contributed by atoms with E-state index in [2.05, 4.69) is 4.98 Å². The summed E-state index contributed by atoms with van der Waals surface area (Å²) in [5.41, 5.74) is 5.65. The number of carbonyl (C=O) groups excluding carboxylic acids is 2. The number of hydrogen-bond acceptors (Lipinski definition) is 6. The SMILES string of the molecule is NC1=CC(=O)c2nccc(-c3ccccc3[N+](=O)[O-])c2C1=O. The standard InChI is InChI=1S/C15H9N3O4/c16-10-7-12(19)14-13(15(10)20)9(5-6-17-14)8-3-1-2-4-11(8)18(21)22/h1-7H,16H2. The first-order chi connectivity index (χ1) is 10.5. The summed E-state index contributed by atoms with van der Waals surface area (Å²) in [6, 6.07) is 7.45. The highest BCUT2D eigenvalue weighted by molar-refractivity contribution is 6.25. The van der Waals surface area contributed by atoms with Gasteiger partial charge in [-0.1, -0.05) is 12.1 Å². The number of fused-ring (bicyclic) bond motifs is 1. The second-order valence-corrected chi connectivity index (χ2v) is 4.65. The Labute approximate surface area is 124 Å². The molecule has 0 amide bonds. The fourth-order valence-corrected chi connectivity index (χ4v) is 2.38. The molecule has 0 atom stereocenters. The molecule has 1 aromatic carbocycles. The minimum atomic E-state index is -0.559. The summed E-state index contributed by atoms with van der Waals surface area (Å²) < 4.78 is 0. The summed E-state index contributed by atoms with van der Waals surface area (Å²) in [5.74, 6) is -1.05. The van der Waals surface area contributed by atoms with Gasteiger partial charge < -0.3 is 5.73 Å². The van der Waals surface area contributed by atoms with Gasteiger partial charge in [-0.2, -0.15) is 0 Å². The lowest BCUT2D eigenvalue weighted by Gasteiger charge is -2.15. The zero-order valence-corrected chi connectivity index (χ0v) is 11.1. The van der Waals surface area contributed by atoms with Crippen LogP contribution >= 0.6 is 0 Å². The number of nitro groups is 1. The maximum absolute atomic E-state index is 12.3. The third-order valence-electron chi connectivity index (χ3n) is 3.35. The van der Waals surface area contributed by atoms with E-state index in [-0.39, 0.29) is 33.8 Å². The van der Waals surface area contributed by atoms with Gasteiger partial charge in [0.2, 0.25) is 11.6 Å². The van der Waals surface area contributed by atoms with Crippen LogP contribution in [0.3, 0.4) is 0 Å². The highest BCUT2D eigenvalue weighted by Crippen LogP contribution is 2.34. The van der Waals surface area contributed by atoms with Crippen molar-refractivity contribution in [2.75, 3.05) is 0 Å². The molecule has 0 unspecified atom stereocenters. The van der Waals surface area contributed by atoms with E-state index in [1.54, 1.807) is 6.07 Å². The summed E-state index contributed by atoms with van der Waals surface area (Å²) in [6.07, 6.45) is 2.35. The molecular weight excluding hydrogens is 286 g/mol. The van der Waals surface area contributed by atoms with Crippen molar-refractivity contribution < 1.29 is 14.5 Å². The molecule has 0 spiro atoms. The summed E-state index contributed by atoms with van der Waals surface area (Å²) in [7, 11) is 0. The van der Waals surface area contributed by atoms with Crippen molar-refractivity contribution in [2.24, 2.45) is 5.73 Å². The van der Waals surface area contributed by atoms with Crippen LogP contribution in [0.4, 0.5) is 5.69 Å². The number of nitrogens with two attached hydrogens (primary N) is 1. The van der Waals surface area contributed by atoms with Crippen molar-refractivity contribution in [3.8, 4) is 11.1 Å². The molecular formula is C15H9N3O4. The van der Waals surface area contributed by atoms with Gasteiger partial charge in [-0.25, -0.2) is 0 Å². The molecule has 1 aliphatic carbocycles. The lowest BCUT2D eigenvalue weighted by atomic mass is 9.89. The van der Waals surface area contributed by atoms with Gasteiger partial charge in [0.25, 0.3) is 5.69 Å². The predicted molar refractivity (Wildman–Crippen MR) is 77.3 cm³/mol. The van der Waals surface area contributed by atoms with E-state index >= 15 is 0 Å². The van der Waals surface area contributed by atoms with Gasteiger partial charge in [0.1, 0.15) is 5.69 Å². The van der Waals surface area contributed by atoms with Crippen molar-refractivity contribution in [1.29, 1.82) is 0 Å². The molecule has 0 saturated heterocycles. The summed E-state index contributed by atoms with van der Waals surface area (Å²) in [5, 5.41) is 11.2. The fourth-order valence-electron chi connectivity index (χ4n) is 2.38. The maximum Gasteiger partial charge on any atom is 0.277 e. The zero-order chi connectivity index (χ0) is 15.9. The molecule has 3 rings (SSSR count). The number of aromatic nitrogens is 1. The van der Waals surface area contributed by atoms with Gasteiger partial charge in [0, 0.05) is 23.9 Å². The first kappa shape index (κ1) is 13.6. The Morgan fingerprint density at radius 3 is 2.55 bits per heavy atom. The van der Waals surface area contributed by atoms with E-state index in [4.69, 9.17) is 5.73 Å². The Morgan fingerprint density at radius 1 is 1.09 bits per heavy atom. The number of Topliss-reactive ketones (excluding diaryl/α,β-unsaturated/α-hetero) is 1. The fraction of sp³-hybridized carbons (Fsp3) is 0. The van der Waals surface area contributed by atoms with Gasteiger partial charge in [-0.3, -0.25) is 24.7 Å². The molecule has 22 heavy (non-hydrogen) atoms. The summed E-state index contributed by atoms with van der Waals surface area (Å²) in [4.78, 5) is 38.8. The molecule has 7 heteroatoms. The molecule has 0 aliphatic heterocycles. The number of pyridine rings is 1. The van der Waals surface area contributed by atoms with Crippen molar-refractivity contribution >= 4 is 17.3 Å². The molecule has 1 aliphatic rings. The van der Waals surface area contributed by atoms with Crippen molar-refractivity contribution in [3.63, 3.8) is 0 Å². The van der Waals surface area contributed by atoms with E-state index in [0.717, 1.165) is 6.08 Å². The quantitative estimate of drug-likeness (QED) is 0.667. The third-order valence-corrected chi connectivity index (χ3v) is 3.35. The van der Waals surface area contributed by atoms with Crippen LogP contribution in [0.1, 0.15) is 20.8 Å². The van der Waals surface area contributed by atoms with Crippen LogP contribution in [0.5, 0.6) is 0 Å². The first-order valence-electron chi connectivity index (χ1n) is 6.29. The third kappa shape index (κ3) is 1.96. The zero-order valence-electron chi connectivity index (χ0n) is 11.1. The van der Waals surface area contributed by atoms with Crippen LogP contribution < -0.4 is 5.73 Å². The predicted octanol–water partition coefficient (Wildman–Crippen LogP) is 1.88. The van der Waals surface area contributed by atoms with Gasteiger partial charge in [0.15, 0.2) is 0 Å². The lowest BCUT2D eigenvalue weighted by Crippen LogP contribution is -2.23. The molecule has 0 fully saturated rings. The van der Waals surface area contributed by atoms with Gasteiger partial charge in [-0.05, 0) is 12.1 Å². The van der Waals surface area contributed by atoms with Crippen LogP contribution in [0, 0.1) is 10.1 Å². The molecule has 2 N–H and O–H groups in total. The van der Waals surface area contributed by atoms with Gasteiger partial charge in [0.05, 0.1) is 21.7 Å². The van der Waals surface area contributed by atoms with Crippen LogP contribution in [-0.4, -0.2) is 21.5 Å². The smallest absolute Gasteiger partial charge is 0.277 e. The molecule has 0 saturated carbocycles. The van der Waals surface area contributed by atoms with Crippen LogP contribution in [0.15, 0.2) is 48.3 Å². The second-order valence-electron chi connectivity index (χ2n) is 4.65. The van der Waals surface area contributed by atoms with E-state index in [0.29, 0.717) is 0 Å². The van der Waals surface area contributed by atoms with Crippen molar-refractivity contribution in [2.45, 2.75) is 0 Å². The topological polar surface area (TPSA) is 116 Å². The van der Waals surface area contributed by atoms with Crippen LogP contribution in [-0.2, 0) is 0 Å². The molecule has 0 bridgehead atoms. The summed E-state index contributed by atoms with van der Waals surface area (Å²) >= 11 is 0. The van der Waals surface area contributed by atoms with E-state index in [1.165, 1.54) is 30.5 Å². The van der Waals surface area contributed by atoms with Crippen molar-refractivity contribution in [1.82, 2.24) is 4.98 Å². The van der Waals surface area contributed by atoms with Gasteiger partial charge in [-0.15, -0.1) is 0 Å². The number of hydrogen-bond donors (Lipinski definition) is 1. The van der Waals surface area contributed by atoms with E-state index < -0.39 is 16.5 Å². The average molecular weight is 295 g/mol. The number of para-hydroxylation sites is 1. The minimum absolute atomic E-state index is 0.00167. The van der Waals surface area contributed by atoms with Crippen molar-refractivity contribution in [3.05, 3.63) is 69.7 Å². The number of carbonyl (C=O) groups is 2. The molecule has 2 aromatic rings.